The first-order chi connectivity index (χ1) is 14.7. The number of rotatable bonds is 4. The van der Waals surface area contributed by atoms with Crippen molar-refractivity contribution < 1.29 is 37.5 Å². The predicted molar refractivity (Wildman–Crippen MR) is 104 cm³/mol. The summed E-state index contributed by atoms with van der Waals surface area (Å²) in [6.07, 6.45) is -0.691. The highest BCUT2D eigenvalue weighted by Crippen LogP contribution is 2.57. The lowest BCUT2D eigenvalue weighted by atomic mass is 10.1. The second kappa shape index (κ2) is 9.03. The van der Waals surface area contributed by atoms with E-state index in [1.807, 2.05) is 6.92 Å². The number of nitrogens with zero attached hydrogens (tertiary/aromatic N) is 1. The lowest BCUT2D eigenvalue weighted by Gasteiger charge is -2.32. The minimum absolute atomic E-state index is 0.0685. The molecule has 1 aromatic carbocycles. The topological polar surface area (TPSA) is 149 Å². The maximum atomic E-state index is 12.8. The molecule has 0 spiro atoms. The fraction of sp³-hybridized carbons (Fsp3) is 0.444. The molecule has 170 valence electrons. The molecule has 2 aliphatic heterocycles. The van der Waals surface area contributed by atoms with Gasteiger partial charge in [-0.2, -0.15) is 0 Å². The number of halogens is 1. The number of hydrogen-bond acceptors (Lipinski definition) is 9. The Morgan fingerprint density at radius 1 is 1.26 bits per heavy atom. The zero-order valence-corrected chi connectivity index (χ0v) is 17.6. The van der Waals surface area contributed by atoms with Gasteiger partial charge in [0.05, 0.1) is 13.8 Å². The third-order valence-corrected chi connectivity index (χ3v) is 5.99. The fourth-order valence-corrected chi connectivity index (χ4v) is 4.53. The Bertz CT molecular complexity index is 1100. The third kappa shape index (κ3) is 5.12. The van der Waals surface area contributed by atoms with Crippen molar-refractivity contribution in [2.45, 2.75) is 44.7 Å². The molecule has 11 nitrogen and oxygen atoms in total. The number of H-pyrrole nitrogens is 1. The molecule has 3 N–H and O–H groups in total. The van der Waals surface area contributed by atoms with Crippen LogP contribution in [0.2, 0.25) is 0 Å². The van der Waals surface area contributed by atoms with Crippen molar-refractivity contribution in [1.29, 1.82) is 0 Å². The lowest BCUT2D eigenvalue weighted by Crippen LogP contribution is -2.45. The van der Waals surface area contributed by atoms with Gasteiger partial charge in [-0.3, -0.25) is 23.3 Å². The molecule has 0 saturated carbocycles. The normalized spacial score (nSPS) is 25.2. The summed E-state index contributed by atoms with van der Waals surface area (Å²) in [6.45, 7) is 1.78. The van der Waals surface area contributed by atoms with Gasteiger partial charge in [0.15, 0.2) is 0 Å². The smallest absolute Gasteiger partial charge is 0.404 e. The summed E-state index contributed by atoms with van der Waals surface area (Å²) >= 11 is 0. The van der Waals surface area contributed by atoms with E-state index in [1.54, 1.807) is 18.2 Å². The van der Waals surface area contributed by atoms with Crippen LogP contribution in [0, 0.1) is 6.92 Å². The number of aryl methyl sites for hydroxylation is 1. The summed E-state index contributed by atoms with van der Waals surface area (Å²) in [5, 5.41) is 20.7. The highest BCUT2D eigenvalue weighted by atomic mass is 31.2. The van der Waals surface area contributed by atoms with Gasteiger partial charge in [-0.1, -0.05) is 17.7 Å². The predicted octanol–water partition coefficient (Wildman–Crippen LogP) is 1.48. The molecule has 0 amide bonds. The number of phosphoric acid groups is 1. The summed E-state index contributed by atoms with van der Waals surface area (Å²) in [7, 11) is -3.84. The average molecular weight is 460 g/mol. The van der Waals surface area contributed by atoms with Gasteiger partial charge in [-0.05, 0) is 25.8 Å². The Morgan fingerprint density at radius 3 is 2.71 bits per heavy atom. The van der Waals surface area contributed by atoms with Crippen molar-refractivity contribution in [2.75, 3.05) is 7.18 Å². The molecule has 2 aromatic rings. The van der Waals surface area contributed by atoms with Gasteiger partial charge in [0.2, 0.25) is 0 Å². The largest absolute Gasteiger partial charge is 0.534 e. The van der Waals surface area contributed by atoms with Crippen molar-refractivity contribution in [1.82, 2.24) is 9.55 Å². The molecule has 31 heavy (non-hydrogen) atoms. The Hall–Kier alpha value is -2.34. The molecule has 3 atom stereocenters. The highest BCUT2D eigenvalue weighted by molar-refractivity contribution is 7.49. The van der Waals surface area contributed by atoms with Crippen LogP contribution in [-0.2, 0) is 25.0 Å². The Balaban J connectivity index is 0.00000132. The van der Waals surface area contributed by atoms with E-state index in [1.165, 1.54) is 6.20 Å². The maximum Gasteiger partial charge on any atom is 0.534 e. The number of phosphoric ester groups is 1. The Labute approximate surface area is 175 Å². The van der Waals surface area contributed by atoms with Gasteiger partial charge in [-0.25, -0.2) is 13.9 Å². The quantitative estimate of drug-likeness (QED) is 0.455. The zero-order valence-electron chi connectivity index (χ0n) is 16.7. The Kier molecular flexibility index (Phi) is 6.79. The molecule has 4 rings (SSSR count). The van der Waals surface area contributed by atoms with Crippen LogP contribution in [-0.4, -0.2) is 39.0 Å². The fourth-order valence-electron chi connectivity index (χ4n) is 3.23. The van der Waals surface area contributed by atoms with Gasteiger partial charge in [-0.15, -0.1) is 0 Å². The monoisotopic (exact) mass is 460 g/mol. The van der Waals surface area contributed by atoms with Crippen molar-refractivity contribution >= 4 is 7.82 Å². The van der Waals surface area contributed by atoms with Gasteiger partial charge in [0, 0.05) is 17.8 Å². The van der Waals surface area contributed by atoms with Crippen molar-refractivity contribution in [2.24, 2.45) is 0 Å². The van der Waals surface area contributed by atoms with Crippen LogP contribution in [0.25, 0.3) is 0 Å². The third-order valence-electron chi connectivity index (χ3n) is 4.63. The van der Waals surface area contributed by atoms with E-state index in [0.29, 0.717) is 12.7 Å². The van der Waals surface area contributed by atoms with Gasteiger partial charge in [0.25, 0.3) is 5.56 Å². The van der Waals surface area contributed by atoms with Crippen LogP contribution in [0.15, 0.2) is 40.1 Å². The first-order valence-corrected chi connectivity index (χ1v) is 10.7. The minimum atomic E-state index is -4.34. The number of fused-ring (bicyclic) bond motifs is 1. The molecule has 0 radical (unpaired) electrons. The SMILES string of the molecule is CF.Cc1ccc2c(c1)COP(=O)(OC(O)(O)C1CCC(n3ccc(=O)[nH]c3=O)O1)O2. The number of alkyl halides is 1. The van der Waals surface area contributed by atoms with Crippen molar-refractivity contribution in [3.8, 4) is 5.75 Å². The molecule has 1 saturated heterocycles. The molecule has 2 aliphatic rings. The summed E-state index contributed by atoms with van der Waals surface area (Å²) in [5.74, 6) is -2.75. The second-order valence-electron chi connectivity index (χ2n) is 6.85. The van der Waals surface area contributed by atoms with E-state index in [-0.39, 0.29) is 25.2 Å². The standard InChI is InChI=1S/C17H19N2O9P.CH3F/c1-10-2-3-12-11(8-10)9-25-29(24,27-12)28-17(22,23)13-4-5-15(26-13)19-7-6-14(20)18-16(19)21;1-2/h2-3,6-8,13,15,22-23H,4-5,9H2,1H3,(H,18,20,21);1H3. The van der Waals surface area contributed by atoms with E-state index in [2.05, 4.69) is 4.98 Å². The van der Waals surface area contributed by atoms with Crippen LogP contribution in [0.5, 0.6) is 5.75 Å². The summed E-state index contributed by atoms with van der Waals surface area (Å²) in [5.41, 5.74) is 0.332. The van der Waals surface area contributed by atoms with Gasteiger partial charge >= 0.3 is 19.5 Å². The molecule has 1 fully saturated rings. The number of hydrogen-bond donors (Lipinski definition) is 3. The van der Waals surface area contributed by atoms with Crippen LogP contribution in [0.1, 0.15) is 30.2 Å². The Morgan fingerprint density at radius 2 is 2.00 bits per heavy atom. The molecule has 0 aliphatic carbocycles. The number of ether oxygens (including phenoxy) is 1. The van der Waals surface area contributed by atoms with Crippen LogP contribution < -0.4 is 15.8 Å². The molecule has 1 aromatic heterocycles. The number of aromatic nitrogens is 2. The minimum Gasteiger partial charge on any atom is -0.404 e. The van der Waals surface area contributed by atoms with Crippen LogP contribution >= 0.6 is 7.82 Å². The number of aromatic amines is 1. The lowest BCUT2D eigenvalue weighted by molar-refractivity contribution is -0.349. The average Bonchev–Trinajstić information content (AvgIpc) is 3.20. The summed E-state index contributed by atoms with van der Waals surface area (Å²) in [4.78, 5) is 25.1. The van der Waals surface area contributed by atoms with Gasteiger partial charge in [0.1, 0.15) is 18.1 Å². The van der Waals surface area contributed by atoms with Crippen LogP contribution in [0.3, 0.4) is 0 Å². The molecule has 3 unspecified atom stereocenters. The van der Waals surface area contributed by atoms with E-state index in [9.17, 15) is 28.8 Å². The molecule has 13 heteroatoms. The molecule has 0 bridgehead atoms. The van der Waals surface area contributed by atoms with Crippen molar-refractivity contribution in [3.05, 3.63) is 62.4 Å². The summed E-state index contributed by atoms with van der Waals surface area (Å²) in [6, 6.07) is 6.26. The van der Waals surface area contributed by atoms with E-state index < -0.39 is 37.4 Å². The van der Waals surface area contributed by atoms with Crippen molar-refractivity contribution in [3.63, 3.8) is 0 Å². The second-order valence-corrected chi connectivity index (χ2v) is 8.36. The molecular formula is C18H22FN2O9P. The molecular weight excluding hydrogens is 438 g/mol. The summed E-state index contributed by atoms with van der Waals surface area (Å²) < 4.78 is 44.2. The van der Waals surface area contributed by atoms with E-state index in [4.69, 9.17) is 18.3 Å². The molecule has 3 heterocycles. The van der Waals surface area contributed by atoms with Gasteiger partial charge < -0.3 is 19.5 Å². The van der Waals surface area contributed by atoms with E-state index >= 15 is 0 Å². The maximum absolute atomic E-state index is 12.8. The number of aliphatic hydroxyl groups is 2. The van der Waals surface area contributed by atoms with Crippen LogP contribution in [0.4, 0.5) is 4.39 Å². The zero-order chi connectivity index (χ0) is 22.8. The number of nitrogens with one attached hydrogen (secondary N) is 1. The first-order valence-electron chi connectivity index (χ1n) is 9.19. The number of benzene rings is 1. The highest BCUT2D eigenvalue weighted by Gasteiger charge is 2.50. The van der Waals surface area contributed by atoms with E-state index in [0.717, 1.165) is 16.2 Å². The first kappa shape index (κ1) is 23.3.